The topological polar surface area (TPSA) is 84.8 Å². The highest BCUT2D eigenvalue weighted by Gasteiger charge is 2.24. The Bertz CT molecular complexity index is 1590. The van der Waals surface area contributed by atoms with E-state index in [0.29, 0.717) is 43.6 Å². The van der Waals surface area contributed by atoms with Crippen LogP contribution in [0.5, 0.6) is 0 Å². The lowest BCUT2D eigenvalue weighted by atomic mass is 10.1. The van der Waals surface area contributed by atoms with Gasteiger partial charge in [0.15, 0.2) is 5.82 Å². The van der Waals surface area contributed by atoms with E-state index in [-0.39, 0.29) is 0 Å². The smallest absolute Gasteiger partial charge is 0.232 e. The van der Waals surface area contributed by atoms with Crippen molar-refractivity contribution < 1.29 is 4.74 Å². The number of hydrogen-bond acceptors (Lipinski definition) is 6. The number of rotatable bonds is 6. The van der Waals surface area contributed by atoms with Crippen molar-refractivity contribution in [1.82, 2.24) is 24.5 Å². The largest absolute Gasteiger partial charge is 0.378 e. The third kappa shape index (κ3) is 4.59. The minimum atomic E-state index is 0.394. The van der Waals surface area contributed by atoms with Crippen LogP contribution in [-0.4, -0.2) is 50.8 Å². The lowest BCUT2D eigenvalue weighted by Crippen LogP contribution is -2.38. The van der Waals surface area contributed by atoms with E-state index in [9.17, 15) is 5.26 Å². The Morgan fingerprint density at radius 2 is 1.45 bits per heavy atom. The molecule has 3 aromatic carbocycles. The number of anilines is 1. The number of para-hydroxylation sites is 2. The van der Waals surface area contributed by atoms with E-state index in [1.807, 2.05) is 113 Å². The molecule has 0 spiro atoms. The molecule has 38 heavy (non-hydrogen) atoms. The maximum absolute atomic E-state index is 10.4. The first-order valence-electron chi connectivity index (χ1n) is 12.5. The summed E-state index contributed by atoms with van der Waals surface area (Å²) in [6.07, 6.45) is 3.79. The van der Waals surface area contributed by atoms with Crippen molar-refractivity contribution in [3.63, 3.8) is 0 Å². The summed E-state index contributed by atoms with van der Waals surface area (Å²) in [5.41, 5.74) is 4.77. The lowest BCUT2D eigenvalue weighted by molar-refractivity contribution is 0.122. The molecule has 0 aliphatic carbocycles. The highest BCUT2D eigenvalue weighted by Crippen LogP contribution is 2.30. The number of hydrogen-bond donors (Lipinski definition) is 0. The average molecular weight is 500 g/mol. The number of ether oxygens (including phenoxy) is 1. The van der Waals surface area contributed by atoms with E-state index in [1.54, 1.807) is 0 Å². The summed E-state index contributed by atoms with van der Waals surface area (Å²) in [4.78, 5) is 2.14. The van der Waals surface area contributed by atoms with Crippen LogP contribution in [0.1, 0.15) is 11.4 Å². The molecule has 6 rings (SSSR count). The minimum Gasteiger partial charge on any atom is -0.378 e. The number of allylic oxidation sites excluding steroid dienone is 1. The molecule has 3 heterocycles. The van der Waals surface area contributed by atoms with Crippen molar-refractivity contribution in [2.24, 2.45) is 0 Å². The monoisotopic (exact) mass is 499 g/mol. The Morgan fingerprint density at radius 1 is 0.816 bits per heavy atom. The molecule has 186 valence electrons. The summed E-state index contributed by atoms with van der Waals surface area (Å²) in [5.74, 6) is 1.17. The van der Waals surface area contributed by atoms with Gasteiger partial charge in [0.25, 0.3) is 0 Å². The Kier molecular flexibility index (Phi) is 6.49. The number of aromatic nitrogens is 5. The molecule has 0 saturated carbocycles. The third-order valence-corrected chi connectivity index (χ3v) is 6.43. The van der Waals surface area contributed by atoms with E-state index < -0.39 is 0 Å². The summed E-state index contributed by atoms with van der Waals surface area (Å²) >= 11 is 0. The first-order valence-corrected chi connectivity index (χ1v) is 12.5. The Labute approximate surface area is 220 Å². The van der Waals surface area contributed by atoms with Crippen molar-refractivity contribution >= 4 is 17.6 Å². The van der Waals surface area contributed by atoms with Crippen LogP contribution in [0, 0.1) is 11.3 Å². The quantitative estimate of drug-likeness (QED) is 0.305. The van der Waals surface area contributed by atoms with Gasteiger partial charge in [-0.15, -0.1) is 10.2 Å². The van der Waals surface area contributed by atoms with Crippen LogP contribution < -0.4 is 4.90 Å². The van der Waals surface area contributed by atoms with Gasteiger partial charge >= 0.3 is 0 Å². The molecular formula is C30H25N7O. The zero-order valence-corrected chi connectivity index (χ0v) is 20.7. The zero-order valence-electron chi connectivity index (χ0n) is 20.7. The normalized spacial score (nSPS) is 13.9. The van der Waals surface area contributed by atoms with Crippen LogP contribution in [0.25, 0.3) is 34.3 Å². The fourth-order valence-electron chi connectivity index (χ4n) is 4.56. The predicted octanol–water partition coefficient (Wildman–Crippen LogP) is 5.02. The Hall–Kier alpha value is -5.00. The summed E-state index contributed by atoms with van der Waals surface area (Å²) in [5, 5.41) is 24.3. The number of nitriles is 1. The van der Waals surface area contributed by atoms with Gasteiger partial charge in [-0.3, -0.25) is 4.57 Å². The van der Waals surface area contributed by atoms with Gasteiger partial charge in [-0.25, -0.2) is 4.68 Å². The van der Waals surface area contributed by atoms with E-state index in [0.717, 1.165) is 28.2 Å². The molecule has 0 bridgehead atoms. The fourth-order valence-corrected chi connectivity index (χ4v) is 4.56. The molecule has 0 amide bonds. The Balaban J connectivity index is 1.51. The molecule has 1 fully saturated rings. The third-order valence-electron chi connectivity index (χ3n) is 6.43. The molecule has 1 aliphatic rings. The molecule has 1 saturated heterocycles. The first kappa shape index (κ1) is 23.4. The number of nitrogens with zero attached hydrogens (tertiary/aromatic N) is 7. The summed E-state index contributed by atoms with van der Waals surface area (Å²) < 4.78 is 9.33. The standard InChI is InChI=1S/C30H25N7O/c31-21-24(29-32-33-30(35-16-18-38-19-17-35)37(29)27-14-8-3-9-15-27)20-25-22-36(26-12-6-2-7-13-26)34-28(25)23-10-4-1-5-11-23/h1-15,20,22H,16-19H2/b24-20+. The van der Waals surface area contributed by atoms with Crippen LogP contribution >= 0.6 is 0 Å². The van der Waals surface area contributed by atoms with Crippen LogP contribution in [0.15, 0.2) is 97.2 Å². The van der Waals surface area contributed by atoms with Crippen molar-refractivity contribution in [2.75, 3.05) is 31.2 Å². The fraction of sp³-hybridized carbons (Fsp3) is 0.133. The van der Waals surface area contributed by atoms with E-state index >= 15 is 0 Å². The van der Waals surface area contributed by atoms with E-state index in [1.165, 1.54) is 0 Å². The van der Waals surface area contributed by atoms with Gasteiger partial charge in [0.05, 0.1) is 35.9 Å². The summed E-state index contributed by atoms with van der Waals surface area (Å²) in [7, 11) is 0. The molecule has 0 unspecified atom stereocenters. The van der Waals surface area contributed by atoms with Crippen molar-refractivity contribution in [3.05, 3.63) is 109 Å². The summed E-state index contributed by atoms with van der Waals surface area (Å²) in [6.45, 7) is 2.66. The Morgan fingerprint density at radius 3 is 2.11 bits per heavy atom. The molecule has 0 radical (unpaired) electrons. The minimum absolute atomic E-state index is 0.394. The van der Waals surface area contributed by atoms with Crippen molar-refractivity contribution in [3.8, 4) is 28.7 Å². The van der Waals surface area contributed by atoms with Gasteiger partial charge in [-0.1, -0.05) is 66.7 Å². The second kappa shape index (κ2) is 10.5. The molecule has 0 N–H and O–H groups in total. The second-order valence-corrected chi connectivity index (χ2v) is 8.84. The molecule has 5 aromatic rings. The first-order chi connectivity index (χ1) is 18.8. The van der Waals surface area contributed by atoms with E-state index in [2.05, 4.69) is 21.2 Å². The highest BCUT2D eigenvalue weighted by atomic mass is 16.5. The van der Waals surface area contributed by atoms with Crippen molar-refractivity contribution in [1.29, 1.82) is 5.26 Å². The van der Waals surface area contributed by atoms with Gasteiger partial charge in [-0.05, 0) is 30.3 Å². The molecule has 0 atom stereocenters. The maximum Gasteiger partial charge on any atom is 0.232 e. The number of benzene rings is 3. The maximum atomic E-state index is 10.4. The SMILES string of the molecule is N#C/C(=C\c1cn(-c2ccccc2)nc1-c1ccccc1)c1nnc(N2CCOCC2)n1-c1ccccc1. The van der Waals surface area contributed by atoms with Gasteiger partial charge in [-0.2, -0.15) is 10.4 Å². The highest BCUT2D eigenvalue weighted by molar-refractivity contribution is 5.91. The molecule has 1 aliphatic heterocycles. The van der Waals surface area contributed by atoms with Crippen LogP contribution in [0.3, 0.4) is 0 Å². The van der Waals surface area contributed by atoms with Crippen LogP contribution in [0.4, 0.5) is 5.95 Å². The van der Waals surface area contributed by atoms with Gasteiger partial charge in [0.1, 0.15) is 6.07 Å². The van der Waals surface area contributed by atoms with Crippen LogP contribution in [0.2, 0.25) is 0 Å². The van der Waals surface area contributed by atoms with E-state index in [4.69, 9.17) is 9.84 Å². The molecular weight excluding hydrogens is 474 g/mol. The van der Waals surface area contributed by atoms with Crippen LogP contribution in [-0.2, 0) is 4.74 Å². The zero-order chi connectivity index (χ0) is 25.7. The molecule has 8 heteroatoms. The van der Waals surface area contributed by atoms with Gasteiger partial charge in [0, 0.05) is 30.4 Å². The second-order valence-electron chi connectivity index (χ2n) is 8.84. The van der Waals surface area contributed by atoms with Gasteiger partial charge in [0.2, 0.25) is 5.95 Å². The molecule has 2 aromatic heterocycles. The lowest BCUT2D eigenvalue weighted by Gasteiger charge is -2.28. The molecule has 8 nitrogen and oxygen atoms in total. The number of morpholine rings is 1. The summed E-state index contributed by atoms with van der Waals surface area (Å²) in [6, 6.07) is 32.2. The average Bonchev–Trinajstić information content (AvgIpc) is 3.63. The van der Waals surface area contributed by atoms with Crippen molar-refractivity contribution in [2.45, 2.75) is 0 Å². The predicted molar refractivity (Wildman–Crippen MR) is 147 cm³/mol. The van der Waals surface area contributed by atoms with Gasteiger partial charge < -0.3 is 9.64 Å².